The molecule has 3 aromatic carbocycles. The minimum atomic E-state index is -0.336. The SMILES string of the molecule is [CH2][C@@H]1C[C@H](C(=O)c2ccccc2)[C@H](c2ccccc2F)N1Cc1ccccc1. The van der Waals surface area contributed by atoms with Crippen LogP contribution in [0.4, 0.5) is 4.39 Å². The second kappa shape index (κ2) is 8.07. The number of benzene rings is 3. The number of carbonyl (C=O) groups is 1. The molecule has 0 amide bonds. The molecular formula is C25H23FNO. The highest BCUT2D eigenvalue weighted by Gasteiger charge is 2.44. The summed E-state index contributed by atoms with van der Waals surface area (Å²) in [5.41, 5.74) is 2.37. The Morgan fingerprint density at radius 2 is 1.54 bits per heavy atom. The van der Waals surface area contributed by atoms with Crippen molar-refractivity contribution in [3.8, 4) is 0 Å². The van der Waals surface area contributed by atoms with Crippen molar-refractivity contribution in [3.05, 3.63) is 114 Å². The first-order chi connectivity index (χ1) is 13.6. The Hall–Kier alpha value is -2.78. The molecule has 0 bridgehead atoms. The zero-order valence-electron chi connectivity index (χ0n) is 15.7. The van der Waals surface area contributed by atoms with Crippen molar-refractivity contribution >= 4 is 5.78 Å². The minimum Gasteiger partial charge on any atom is -0.294 e. The van der Waals surface area contributed by atoms with Crippen LogP contribution in [0.3, 0.4) is 0 Å². The summed E-state index contributed by atoms with van der Waals surface area (Å²) in [6.45, 7) is 4.93. The quantitative estimate of drug-likeness (QED) is 0.553. The molecule has 0 unspecified atom stereocenters. The Balaban J connectivity index is 1.73. The van der Waals surface area contributed by atoms with E-state index in [9.17, 15) is 9.18 Å². The van der Waals surface area contributed by atoms with Crippen LogP contribution in [-0.4, -0.2) is 16.7 Å². The monoisotopic (exact) mass is 372 g/mol. The number of halogens is 1. The summed E-state index contributed by atoms with van der Waals surface area (Å²) in [7, 11) is 0. The molecular weight excluding hydrogens is 349 g/mol. The third kappa shape index (κ3) is 3.63. The van der Waals surface area contributed by atoms with Crippen LogP contribution in [0, 0.1) is 18.7 Å². The number of rotatable bonds is 5. The first-order valence-corrected chi connectivity index (χ1v) is 9.61. The van der Waals surface area contributed by atoms with E-state index >= 15 is 0 Å². The lowest BCUT2D eigenvalue weighted by atomic mass is 9.86. The molecule has 1 aliphatic heterocycles. The molecule has 1 saturated heterocycles. The molecule has 0 N–H and O–H groups in total. The second-order valence-electron chi connectivity index (χ2n) is 7.35. The van der Waals surface area contributed by atoms with Gasteiger partial charge in [0.15, 0.2) is 5.78 Å². The standard InChI is InChI=1S/C25H23FNO/c1-18-16-22(25(28)20-12-6-3-7-13-20)24(21-14-8-9-15-23(21)26)27(18)17-19-10-4-2-5-11-19/h2-15,18,22,24H,1,16-17H2/t18-,22+,24+/m1/s1. The Labute approximate surface area is 165 Å². The van der Waals surface area contributed by atoms with Crippen LogP contribution in [0.5, 0.6) is 0 Å². The van der Waals surface area contributed by atoms with E-state index in [1.165, 1.54) is 6.07 Å². The summed E-state index contributed by atoms with van der Waals surface area (Å²) in [5.74, 6) is -0.547. The van der Waals surface area contributed by atoms with Crippen LogP contribution in [0.15, 0.2) is 84.9 Å². The van der Waals surface area contributed by atoms with Gasteiger partial charge in [0.1, 0.15) is 5.82 Å². The predicted molar refractivity (Wildman–Crippen MR) is 109 cm³/mol. The van der Waals surface area contributed by atoms with E-state index in [1.807, 2.05) is 54.6 Å². The second-order valence-corrected chi connectivity index (χ2v) is 7.35. The molecule has 1 fully saturated rings. The van der Waals surface area contributed by atoms with Gasteiger partial charge in [-0.15, -0.1) is 0 Å². The largest absolute Gasteiger partial charge is 0.294 e. The molecule has 1 aliphatic rings. The summed E-state index contributed by atoms with van der Waals surface area (Å²) in [6, 6.07) is 25.7. The maximum atomic E-state index is 14.8. The lowest BCUT2D eigenvalue weighted by Crippen LogP contribution is -2.32. The fraction of sp³-hybridized carbons (Fsp3) is 0.200. The highest BCUT2D eigenvalue weighted by molar-refractivity contribution is 5.98. The van der Waals surface area contributed by atoms with Crippen molar-refractivity contribution in [1.29, 1.82) is 0 Å². The van der Waals surface area contributed by atoms with Gasteiger partial charge in [-0.25, -0.2) is 4.39 Å². The van der Waals surface area contributed by atoms with Gasteiger partial charge in [0.05, 0.1) is 0 Å². The fourth-order valence-electron chi connectivity index (χ4n) is 4.21. The third-order valence-electron chi connectivity index (χ3n) is 5.56. The topological polar surface area (TPSA) is 20.3 Å². The molecule has 0 aromatic heterocycles. The Bertz CT molecular complexity index is 941. The smallest absolute Gasteiger partial charge is 0.167 e. The van der Waals surface area contributed by atoms with Crippen molar-refractivity contribution in [3.63, 3.8) is 0 Å². The minimum absolute atomic E-state index is 0.0538. The predicted octanol–water partition coefficient (Wildman–Crippen LogP) is 5.47. The first kappa shape index (κ1) is 18.6. The number of ketones is 1. The van der Waals surface area contributed by atoms with Gasteiger partial charge in [0, 0.05) is 35.7 Å². The van der Waals surface area contributed by atoms with Crippen molar-refractivity contribution in [2.24, 2.45) is 5.92 Å². The number of hydrogen-bond donors (Lipinski definition) is 0. The van der Waals surface area contributed by atoms with Crippen LogP contribution in [0.1, 0.15) is 33.9 Å². The molecule has 0 spiro atoms. The highest BCUT2D eigenvalue weighted by Crippen LogP contribution is 2.44. The van der Waals surface area contributed by atoms with E-state index in [0.717, 1.165) is 5.56 Å². The van der Waals surface area contributed by atoms with Gasteiger partial charge in [-0.1, -0.05) is 78.9 Å². The van der Waals surface area contributed by atoms with Crippen molar-refractivity contribution in [2.75, 3.05) is 0 Å². The Morgan fingerprint density at radius 1 is 0.929 bits per heavy atom. The van der Waals surface area contributed by atoms with Gasteiger partial charge in [-0.05, 0) is 25.0 Å². The number of likely N-dealkylation sites (tertiary alicyclic amines) is 1. The average molecular weight is 372 g/mol. The Morgan fingerprint density at radius 3 is 2.21 bits per heavy atom. The van der Waals surface area contributed by atoms with Gasteiger partial charge >= 0.3 is 0 Å². The third-order valence-corrected chi connectivity index (χ3v) is 5.56. The van der Waals surface area contributed by atoms with Gasteiger partial charge in [-0.3, -0.25) is 9.69 Å². The van der Waals surface area contributed by atoms with Gasteiger partial charge in [0.25, 0.3) is 0 Å². The van der Waals surface area contributed by atoms with E-state index in [4.69, 9.17) is 0 Å². The molecule has 4 rings (SSSR count). The molecule has 2 nitrogen and oxygen atoms in total. The van der Waals surface area contributed by atoms with Crippen LogP contribution in [0.2, 0.25) is 0 Å². The van der Waals surface area contributed by atoms with Crippen molar-refractivity contribution < 1.29 is 9.18 Å². The number of hydrogen-bond acceptors (Lipinski definition) is 2. The summed E-state index contributed by atoms with van der Waals surface area (Å²) in [6.07, 6.45) is 0.611. The van der Waals surface area contributed by atoms with Gasteiger partial charge in [0.2, 0.25) is 0 Å². The molecule has 3 aromatic rings. The molecule has 3 atom stereocenters. The zero-order valence-corrected chi connectivity index (χ0v) is 15.7. The average Bonchev–Trinajstić information content (AvgIpc) is 3.05. The number of nitrogens with zero attached hydrogens (tertiary/aromatic N) is 1. The Kier molecular flexibility index (Phi) is 5.36. The van der Waals surface area contributed by atoms with Gasteiger partial charge < -0.3 is 0 Å². The summed E-state index contributed by atoms with van der Waals surface area (Å²) in [5, 5.41) is 0. The lowest BCUT2D eigenvalue weighted by Gasteiger charge is -2.31. The van der Waals surface area contributed by atoms with Crippen LogP contribution in [-0.2, 0) is 6.54 Å². The molecule has 3 heteroatoms. The van der Waals surface area contributed by atoms with Gasteiger partial charge in [-0.2, -0.15) is 0 Å². The molecule has 0 aliphatic carbocycles. The fourth-order valence-corrected chi connectivity index (χ4v) is 4.21. The molecule has 0 saturated carbocycles. The molecule has 28 heavy (non-hydrogen) atoms. The highest BCUT2D eigenvalue weighted by atomic mass is 19.1. The van der Waals surface area contributed by atoms with E-state index in [-0.39, 0.29) is 29.6 Å². The van der Waals surface area contributed by atoms with E-state index in [0.29, 0.717) is 24.1 Å². The molecule has 1 heterocycles. The summed E-state index contributed by atoms with van der Waals surface area (Å²) < 4.78 is 14.8. The van der Waals surface area contributed by atoms with E-state index in [2.05, 4.69) is 24.0 Å². The summed E-state index contributed by atoms with van der Waals surface area (Å²) >= 11 is 0. The molecule has 141 valence electrons. The maximum absolute atomic E-state index is 14.8. The number of carbonyl (C=O) groups excluding carboxylic acids is 1. The zero-order chi connectivity index (χ0) is 19.5. The molecule has 1 radical (unpaired) electrons. The number of Topliss-reactive ketones (excluding diaryl/α,β-unsaturated/α-hetero) is 1. The first-order valence-electron chi connectivity index (χ1n) is 9.61. The normalized spacial score (nSPS) is 22.3. The maximum Gasteiger partial charge on any atom is 0.167 e. The van der Waals surface area contributed by atoms with Crippen molar-refractivity contribution in [1.82, 2.24) is 4.90 Å². The van der Waals surface area contributed by atoms with E-state index < -0.39 is 0 Å². The van der Waals surface area contributed by atoms with Crippen molar-refractivity contribution in [2.45, 2.75) is 25.0 Å². The van der Waals surface area contributed by atoms with E-state index in [1.54, 1.807) is 12.1 Å². The van der Waals surface area contributed by atoms with Crippen LogP contribution >= 0.6 is 0 Å². The summed E-state index contributed by atoms with van der Waals surface area (Å²) in [4.78, 5) is 15.5. The van der Waals surface area contributed by atoms with Crippen LogP contribution in [0.25, 0.3) is 0 Å². The lowest BCUT2D eigenvalue weighted by molar-refractivity contribution is 0.0873. The van der Waals surface area contributed by atoms with Crippen LogP contribution < -0.4 is 0 Å².